The van der Waals surface area contributed by atoms with Crippen LogP contribution in [0.15, 0.2) is 40.9 Å². The molecule has 0 spiro atoms. The maximum atomic E-state index is 13.3. The lowest BCUT2D eigenvalue weighted by Crippen LogP contribution is -2.43. The molecule has 4 aromatic rings. The van der Waals surface area contributed by atoms with Gasteiger partial charge in [0.15, 0.2) is 5.65 Å². The topological polar surface area (TPSA) is 79.7 Å². The Labute approximate surface area is 179 Å². The number of halogens is 1. The van der Waals surface area contributed by atoms with Crippen LogP contribution < -0.4 is 4.90 Å². The number of anilines is 1. The normalized spacial score (nSPS) is 16.2. The standard InChI is InChI=1S/C23H24FN5O2/c1-14-12-20(27-31-14)19-13-21-25-16(3)15(2)22(29(21)26-19)28-10-8-23(30,9-11-28)17-4-6-18(24)7-5-17/h4-7,12-13,30H,8-11H2,1-3H3. The molecule has 1 N–H and O–H groups in total. The lowest BCUT2D eigenvalue weighted by atomic mass is 9.84. The van der Waals surface area contributed by atoms with Crippen LogP contribution in [0.1, 0.15) is 35.4 Å². The molecule has 1 aliphatic heterocycles. The van der Waals surface area contributed by atoms with E-state index in [0.29, 0.717) is 37.3 Å². The minimum absolute atomic E-state index is 0.299. The number of aliphatic hydroxyl groups is 1. The Morgan fingerprint density at radius 1 is 1.03 bits per heavy atom. The second-order valence-corrected chi connectivity index (χ2v) is 8.29. The van der Waals surface area contributed by atoms with Gasteiger partial charge in [0.2, 0.25) is 0 Å². The molecule has 31 heavy (non-hydrogen) atoms. The molecule has 160 valence electrons. The molecule has 1 saturated heterocycles. The van der Waals surface area contributed by atoms with Gasteiger partial charge in [-0.1, -0.05) is 17.3 Å². The van der Waals surface area contributed by atoms with Gasteiger partial charge in [-0.15, -0.1) is 0 Å². The molecule has 0 radical (unpaired) electrons. The van der Waals surface area contributed by atoms with E-state index in [-0.39, 0.29) is 5.82 Å². The van der Waals surface area contributed by atoms with Gasteiger partial charge >= 0.3 is 0 Å². The average molecular weight is 421 g/mol. The van der Waals surface area contributed by atoms with Crippen molar-refractivity contribution in [1.29, 1.82) is 0 Å². The van der Waals surface area contributed by atoms with Crippen molar-refractivity contribution < 1.29 is 14.0 Å². The summed E-state index contributed by atoms with van der Waals surface area (Å²) in [5.41, 5.74) is 3.89. The van der Waals surface area contributed by atoms with Crippen LogP contribution in [0, 0.1) is 26.6 Å². The molecule has 0 bridgehead atoms. The molecule has 1 fully saturated rings. The third-order valence-corrected chi connectivity index (χ3v) is 6.21. The third-order valence-electron chi connectivity index (χ3n) is 6.21. The fraction of sp³-hybridized carbons (Fsp3) is 0.348. The summed E-state index contributed by atoms with van der Waals surface area (Å²) >= 11 is 0. The van der Waals surface area contributed by atoms with Gasteiger partial charge < -0.3 is 14.5 Å². The number of hydrogen-bond acceptors (Lipinski definition) is 6. The predicted octanol–water partition coefficient (Wildman–Crippen LogP) is 3.94. The van der Waals surface area contributed by atoms with Gasteiger partial charge in [-0.05, 0) is 51.3 Å². The van der Waals surface area contributed by atoms with Crippen molar-refractivity contribution in [3.05, 3.63) is 64.8 Å². The van der Waals surface area contributed by atoms with Crippen molar-refractivity contribution in [1.82, 2.24) is 19.8 Å². The summed E-state index contributed by atoms with van der Waals surface area (Å²) in [5.74, 6) is 1.39. The summed E-state index contributed by atoms with van der Waals surface area (Å²) < 4.78 is 20.4. The molecule has 1 aromatic carbocycles. The highest BCUT2D eigenvalue weighted by atomic mass is 19.1. The predicted molar refractivity (Wildman–Crippen MR) is 114 cm³/mol. The SMILES string of the molecule is Cc1cc(-c2cc3nc(C)c(C)c(N4CCC(O)(c5ccc(F)cc5)CC4)n3n2)no1. The quantitative estimate of drug-likeness (QED) is 0.540. The zero-order chi connectivity index (χ0) is 21.8. The Kier molecular flexibility index (Phi) is 4.55. The molecule has 7 nitrogen and oxygen atoms in total. The van der Waals surface area contributed by atoms with Crippen LogP contribution in [0.4, 0.5) is 10.2 Å². The maximum Gasteiger partial charge on any atom is 0.158 e. The molecule has 8 heteroatoms. The molecular weight excluding hydrogens is 397 g/mol. The smallest absolute Gasteiger partial charge is 0.158 e. The second-order valence-electron chi connectivity index (χ2n) is 8.29. The number of rotatable bonds is 3. The summed E-state index contributed by atoms with van der Waals surface area (Å²) in [5, 5.41) is 20.0. The van der Waals surface area contributed by atoms with E-state index in [9.17, 15) is 9.50 Å². The first kappa shape index (κ1) is 19.7. The van der Waals surface area contributed by atoms with Crippen molar-refractivity contribution in [2.24, 2.45) is 0 Å². The number of nitrogens with zero attached hydrogens (tertiary/aromatic N) is 5. The monoisotopic (exact) mass is 421 g/mol. The number of piperidine rings is 1. The van der Waals surface area contributed by atoms with E-state index in [2.05, 4.69) is 10.1 Å². The lowest BCUT2D eigenvalue weighted by Gasteiger charge is -2.40. The van der Waals surface area contributed by atoms with Gasteiger partial charge in [-0.2, -0.15) is 9.61 Å². The lowest BCUT2D eigenvalue weighted by molar-refractivity contribution is 0.0115. The Morgan fingerprint density at radius 2 is 1.74 bits per heavy atom. The highest BCUT2D eigenvalue weighted by Gasteiger charge is 2.35. The van der Waals surface area contributed by atoms with Gasteiger partial charge in [-0.3, -0.25) is 0 Å². The summed E-state index contributed by atoms with van der Waals surface area (Å²) in [6.45, 7) is 7.17. The zero-order valence-corrected chi connectivity index (χ0v) is 17.8. The van der Waals surface area contributed by atoms with Crippen LogP contribution in [-0.2, 0) is 5.60 Å². The van der Waals surface area contributed by atoms with Gasteiger partial charge in [0.1, 0.15) is 28.8 Å². The fourth-order valence-electron chi connectivity index (χ4n) is 4.30. The van der Waals surface area contributed by atoms with Crippen LogP contribution >= 0.6 is 0 Å². The van der Waals surface area contributed by atoms with E-state index < -0.39 is 5.60 Å². The Balaban J connectivity index is 1.49. The molecular formula is C23H24FN5O2. The molecule has 4 heterocycles. The minimum atomic E-state index is -0.965. The molecule has 5 rings (SSSR count). The van der Waals surface area contributed by atoms with E-state index in [0.717, 1.165) is 34.0 Å². The molecule has 0 aliphatic carbocycles. The summed E-state index contributed by atoms with van der Waals surface area (Å²) in [4.78, 5) is 6.93. The summed E-state index contributed by atoms with van der Waals surface area (Å²) in [6.07, 6.45) is 1.08. The number of hydrogen-bond donors (Lipinski definition) is 1. The molecule has 0 saturated carbocycles. The molecule has 0 atom stereocenters. The molecule has 0 unspecified atom stereocenters. The highest BCUT2D eigenvalue weighted by Crippen LogP contribution is 2.36. The molecule has 1 aliphatic rings. The van der Waals surface area contributed by atoms with Gasteiger partial charge in [-0.25, -0.2) is 9.37 Å². The van der Waals surface area contributed by atoms with E-state index in [4.69, 9.17) is 14.6 Å². The first-order chi connectivity index (χ1) is 14.8. The Hall–Kier alpha value is -3.26. The number of fused-ring (bicyclic) bond motifs is 1. The van der Waals surface area contributed by atoms with Crippen LogP contribution in [0.25, 0.3) is 17.0 Å². The first-order valence-corrected chi connectivity index (χ1v) is 10.4. The highest BCUT2D eigenvalue weighted by molar-refractivity contribution is 5.65. The van der Waals surface area contributed by atoms with Crippen LogP contribution in [0.3, 0.4) is 0 Å². The summed E-state index contributed by atoms with van der Waals surface area (Å²) in [7, 11) is 0. The third kappa shape index (κ3) is 3.37. The number of aromatic nitrogens is 4. The zero-order valence-electron chi connectivity index (χ0n) is 17.8. The van der Waals surface area contributed by atoms with Gasteiger partial charge in [0.05, 0.1) is 5.60 Å². The van der Waals surface area contributed by atoms with Crippen molar-refractivity contribution in [2.75, 3.05) is 18.0 Å². The van der Waals surface area contributed by atoms with Gasteiger partial charge in [0.25, 0.3) is 0 Å². The molecule has 0 amide bonds. The van der Waals surface area contributed by atoms with E-state index in [1.165, 1.54) is 12.1 Å². The Bertz CT molecular complexity index is 1250. The molecule has 3 aromatic heterocycles. The number of benzene rings is 1. The van der Waals surface area contributed by atoms with E-state index in [1.54, 1.807) is 12.1 Å². The van der Waals surface area contributed by atoms with Crippen molar-refractivity contribution >= 4 is 11.5 Å². The van der Waals surface area contributed by atoms with Crippen molar-refractivity contribution in [3.63, 3.8) is 0 Å². The van der Waals surface area contributed by atoms with E-state index >= 15 is 0 Å². The second kappa shape index (κ2) is 7.16. The van der Waals surface area contributed by atoms with Crippen LogP contribution in [0.5, 0.6) is 0 Å². The van der Waals surface area contributed by atoms with E-state index in [1.807, 2.05) is 37.4 Å². The maximum absolute atomic E-state index is 13.3. The van der Waals surface area contributed by atoms with Crippen molar-refractivity contribution in [2.45, 2.75) is 39.2 Å². The minimum Gasteiger partial charge on any atom is -0.385 e. The summed E-state index contributed by atoms with van der Waals surface area (Å²) in [6, 6.07) is 9.90. The largest absolute Gasteiger partial charge is 0.385 e. The van der Waals surface area contributed by atoms with Gasteiger partial charge in [0, 0.05) is 36.5 Å². The average Bonchev–Trinajstić information content (AvgIpc) is 3.36. The van der Waals surface area contributed by atoms with Crippen LogP contribution in [-0.4, -0.2) is 38.0 Å². The number of aryl methyl sites for hydroxylation is 2. The Morgan fingerprint density at radius 3 is 2.39 bits per heavy atom. The van der Waals surface area contributed by atoms with Crippen LogP contribution in [0.2, 0.25) is 0 Å². The first-order valence-electron chi connectivity index (χ1n) is 10.4. The van der Waals surface area contributed by atoms with Crippen molar-refractivity contribution in [3.8, 4) is 11.4 Å². The fourth-order valence-corrected chi connectivity index (χ4v) is 4.30.